The molecule has 2 heterocycles. The van der Waals surface area contributed by atoms with Gasteiger partial charge in [0.15, 0.2) is 0 Å². The van der Waals surface area contributed by atoms with Crippen molar-refractivity contribution in [3.63, 3.8) is 0 Å². The molecule has 7 heteroatoms. The third kappa shape index (κ3) is 4.30. The predicted octanol–water partition coefficient (Wildman–Crippen LogP) is 6.10. The van der Waals surface area contributed by atoms with Gasteiger partial charge in [0.1, 0.15) is 0 Å². The summed E-state index contributed by atoms with van der Waals surface area (Å²) in [6.07, 6.45) is 4.69. The van der Waals surface area contributed by atoms with Crippen molar-refractivity contribution in [3.8, 4) is 0 Å². The van der Waals surface area contributed by atoms with Gasteiger partial charge < -0.3 is 0 Å². The minimum Gasteiger partial charge on any atom is -0.258 e. The van der Waals surface area contributed by atoms with Crippen LogP contribution in [-0.2, 0) is 11.5 Å². The summed E-state index contributed by atoms with van der Waals surface area (Å²) in [5.74, 6) is 5.70. The van der Waals surface area contributed by atoms with Crippen LogP contribution in [0, 0.1) is 10.1 Å². The largest absolute Gasteiger partial charge is 0.273 e. The number of benzene rings is 1. The van der Waals surface area contributed by atoms with E-state index in [0.717, 1.165) is 52.7 Å². The van der Waals surface area contributed by atoms with Crippen molar-refractivity contribution >= 4 is 45.5 Å². The van der Waals surface area contributed by atoms with Gasteiger partial charge >= 0.3 is 0 Å². The first-order valence-corrected chi connectivity index (χ1v) is 14.0. The molecule has 0 bridgehead atoms. The lowest BCUT2D eigenvalue weighted by molar-refractivity contribution is -0.385. The molecular formula is C16H23Cl2NO2S2. The average Bonchev–Trinajstić information content (AvgIpc) is 3.10. The molecule has 0 amide bonds. The Morgan fingerprint density at radius 3 is 2.00 bits per heavy atom. The maximum atomic E-state index is 11.5. The van der Waals surface area contributed by atoms with Gasteiger partial charge in [-0.2, -0.15) is 18.5 Å². The molecule has 0 spiro atoms. The van der Waals surface area contributed by atoms with E-state index >= 15 is 0 Å². The second-order valence-corrected chi connectivity index (χ2v) is 16.5. The fourth-order valence-electron chi connectivity index (χ4n) is 3.50. The molecule has 3 nitrogen and oxygen atoms in total. The van der Waals surface area contributed by atoms with Gasteiger partial charge in [0.05, 0.1) is 4.92 Å². The van der Waals surface area contributed by atoms with E-state index in [-0.39, 0.29) is 10.6 Å². The lowest BCUT2D eigenvalue weighted by Gasteiger charge is -2.28. The minimum absolute atomic E-state index is 0.236. The summed E-state index contributed by atoms with van der Waals surface area (Å²) in [6.45, 7) is 0. The van der Waals surface area contributed by atoms with E-state index in [1.807, 2.05) is 12.1 Å². The molecule has 2 aliphatic heterocycles. The standard InChI is InChI=1S/C16H23Cl2NO2S2/c17-22(7-1-2-8-22)12-14-5-6-15(16(11-14)19(20)21)13-23(18)9-3-4-10-23/h5-6,11H,1-4,7-10,12-13H2. The van der Waals surface area contributed by atoms with Crippen molar-refractivity contribution in [3.05, 3.63) is 39.4 Å². The van der Waals surface area contributed by atoms with Gasteiger partial charge in [-0.05, 0) is 54.3 Å². The van der Waals surface area contributed by atoms with Crippen LogP contribution in [0.5, 0.6) is 0 Å². The van der Waals surface area contributed by atoms with E-state index in [0.29, 0.717) is 5.75 Å². The first-order valence-electron chi connectivity index (χ1n) is 8.07. The Kier molecular flexibility index (Phi) is 5.41. The van der Waals surface area contributed by atoms with Crippen LogP contribution >= 0.6 is 39.8 Å². The summed E-state index contributed by atoms with van der Waals surface area (Å²) in [7, 11) is 11.1. The molecule has 0 unspecified atom stereocenters. The van der Waals surface area contributed by atoms with Crippen LogP contribution in [0.3, 0.4) is 0 Å². The summed E-state index contributed by atoms with van der Waals surface area (Å²) in [5, 5.41) is 11.5. The summed E-state index contributed by atoms with van der Waals surface area (Å²) >= 11 is 0. The molecule has 2 aliphatic rings. The summed E-state index contributed by atoms with van der Waals surface area (Å²) in [4.78, 5) is 11.3. The highest BCUT2D eigenvalue weighted by molar-refractivity contribution is 8.51. The van der Waals surface area contributed by atoms with Gasteiger partial charge in [0, 0.05) is 23.1 Å². The molecule has 23 heavy (non-hydrogen) atoms. The highest BCUT2D eigenvalue weighted by Gasteiger charge is 2.30. The molecule has 3 rings (SSSR count). The summed E-state index contributed by atoms with van der Waals surface area (Å²) in [5.41, 5.74) is 2.05. The van der Waals surface area contributed by atoms with Crippen LogP contribution in [0.15, 0.2) is 18.2 Å². The molecule has 1 aromatic carbocycles. The van der Waals surface area contributed by atoms with Crippen molar-refractivity contribution in [1.82, 2.24) is 0 Å². The van der Waals surface area contributed by atoms with Crippen LogP contribution in [-0.4, -0.2) is 27.9 Å². The molecule has 0 aliphatic carbocycles. The fraction of sp³-hybridized carbons (Fsp3) is 0.625. The number of nitrogens with zero attached hydrogens (tertiary/aromatic N) is 1. The number of hydrogen-bond acceptors (Lipinski definition) is 2. The highest BCUT2D eigenvalue weighted by Crippen LogP contribution is 2.62. The van der Waals surface area contributed by atoms with Crippen molar-refractivity contribution in [2.75, 3.05) is 23.0 Å². The lowest BCUT2D eigenvalue weighted by atomic mass is 10.1. The summed E-state index contributed by atoms with van der Waals surface area (Å²) < 4.78 is 0. The maximum Gasteiger partial charge on any atom is 0.273 e. The first-order chi connectivity index (χ1) is 10.9. The maximum absolute atomic E-state index is 11.5. The molecule has 2 fully saturated rings. The second-order valence-electron chi connectivity index (χ2n) is 6.62. The smallest absolute Gasteiger partial charge is 0.258 e. The Hall–Kier alpha value is -0.100. The van der Waals surface area contributed by atoms with E-state index in [1.54, 1.807) is 6.07 Å². The lowest BCUT2D eigenvalue weighted by Crippen LogP contribution is -2.04. The van der Waals surface area contributed by atoms with E-state index in [1.165, 1.54) is 12.8 Å². The SMILES string of the molecule is O=[N+]([O-])c1cc(CS2(Cl)CCCC2)ccc1CS1(Cl)CCCC1. The van der Waals surface area contributed by atoms with E-state index in [9.17, 15) is 10.1 Å². The quantitative estimate of drug-likeness (QED) is 0.446. The van der Waals surface area contributed by atoms with Gasteiger partial charge in [0.25, 0.3) is 5.69 Å². The topological polar surface area (TPSA) is 43.1 Å². The van der Waals surface area contributed by atoms with Gasteiger partial charge in [-0.3, -0.25) is 10.1 Å². The molecule has 2 saturated heterocycles. The van der Waals surface area contributed by atoms with Crippen LogP contribution < -0.4 is 0 Å². The number of hydrogen-bond donors (Lipinski definition) is 0. The molecule has 0 atom stereocenters. The fourth-order valence-corrected chi connectivity index (χ4v) is 11.0. The van der Waals surface area contributed by atoms with E-state index in [4.69, 9.17) is 21.4 Å². The van der Waals surface area contributed by atoms with Gasteiger partial charge in [-0.1, -0.05) is 33.5 Å². The average molecular weight is 396 g/mol. The Morgan fingerprint density at radius 2 is 1.48 bits per heavy atom. The van der Waals surface area contributed by atoms with E-state index < -0.39 is 18.5 Å². The van der Waals surface area contributed by atoms with Crippen LogP contribution in [0.2, 0.25) is 0 Å². The molecule has 130 valence electrons. The first kappa shape index (κ1) is 17.7. The van der Waals surface area contributed by atoms with Crippen molar-refractivity contribution < 1.29 is 4.92 Å². The van der Waals surface area contributed by atoms with Crippen molar-refractivity contribution in [2.45, 2.75) is 37.2 Å². The van der Waals surface area contributed by atoms with Gasteiger partial charge in [-0.25, -0.2) is 0 Å². The van der Waals surface area contributed by atoms with Crippen LogP contribution in [0.4, 0.5) is 5.69 Å². The Bertz CT molecular complexity index is 600. The number of rotatable bonds is 5. The molecule has 0 N–H and O–H groups in total. The minimum atomic E-state index is -1.21. The van der Waals surface area contributed by atoms with Crippen LogP contribution in [0.25, 0.3) is 0 Å². The van der Waals surface area contributed by atoms with Crippen molar-refractivity contribution in [1.29, 1.82) is 0 Å². The Balaban J connectivity index is 1.82. The Labute approximate surface area is 149 Å². The molecule has 1 aromatic rings. The predicted molar refractivity (Wildman–Crippen MR) is 105 cm³/mol. The zero-order valence-corrected chi connectivity index (χ0v) is 16.3. The second kappa shape index (κ2) is 7.03. The highest BCUT2D eigenvalue weighted by atomic mass is 35.7. The molecule has 0 aromatic heterocycles. The molecule has 0 saturated carbocycles. The monoisotopic (exact) mass is 395 g/mol. The van der Waals surface area contributed by atoms with Gasteiger partial charge in [-0.15, -0.1) is 0 Å². The molecular weight excluding hydrogens is 373 g/mol. The van der Waals surface area contributed by atoms with Crippen LogP contribution in [0.1, 0.15) is 36.8 Å². The van der Waals surface area contributed by atoms with E-state index in [2.05, 4.69) is 0 Å². The zero-order chi connectivity index (χ0) is 16.5. The normalized spacial score (nSPS) is 25.1. The van der Waals surface area contributed by atoms with Gasteiger partial charge in [0.2, 0.25) is 0 Å². The molecule has 0 radical (unpaired) electrons. The third-order valence-corrected chi connectivity index (χ3v) is 13.0. The Morgan fingerprint density at radius 1 is 0.957 bits per heavy atom. The van der Waals surface area contributed by atoms with Crippen molar-refractivity contribution in [2.24, 2.45) is 0 Å². The zero-order valence-electron chi connectivity index (χ0n) is 13.1. The summed E-state index contributed by atoms with van der Waals surface area (Å²) in [6, 6.07) is 5.71. The number of nitro benzene ring substituents is 1. The number of halogens is 2. The third-order valence-electron chi connectivity index (χ3n) is 4.73. The number of nitro groups is 1.